The third-order valence-electron chi connectivity index (χ3n) is 1.94. The lowest BCUT2D eigenvalue weighted by atomic mass is 10.3. The van der Waals surface area contributed by atoms with Gasteiger partial charge in [-0.05, 0) is 12.1 Å². The summed E-state index contributed by atoms with van der Waals surface area (Å²) in [6, 6.07) is 9.12. The predicted octanol–water partition coefficient (Wildman–Crippen LogP) is 2.46. The van der Waals surface area contributed by atoms with Crippen LogP contribution in [-0.2, 0) is 4.57 Å². The molecule has 0 aliphatic carbocycles. The van der Waals surface area contributed by atoms with Crippen molar-refractivity contribution in [2.75, 3.05) is 18.8 Å². The molecule has 0 radical (unpaired) electrons. The van der Waals surface area contributed by atoms with Crippen molar-refractivity contribution in [3.63, 3.8) is 0 Å². The zero-order valence-electron chi connectivity index (χ0n) is 8.63. The van der Waals surface area contributed by atoms with Gasteiger partial charge in [-0.3, -0.25) is 4.99 Å². The summed E-state index contributed by atoms with van der Waals surface area (Å²) in [7, 11) is -1.87. The van der Waals surface area contributed by atoms with Gasteiger partial charge in [-0.2, -0.15) is 0 Å². The van der Waals surface area contributed by atoms with Crippen LogP contribution in [0, 0.1) is 0 Å². The van der Waals surface area contributed by atoms with Gasteiger partial charge in [0, 0.05) is 16.9 Å². The molecule has 0 saturated heterocycles. The van der Waals surface area contributed by atoms with Crippen molar-refractivity contribution in [2.24, 2.45) is 4.99 Å². The summed E-state index contributed by atoms with van der Waals surface area (Å²) in [5, 5.41) is 3.81. The normalized spacial score (nSPS) is 15.8. The summed E-state index contributed by atoms with van der Waals surface area (Å²) >= 11 is 1.69. The summed E-state index contributed by atoms with van der Waals surface area (Å²) in [6.45, 7) is 1.38. The van der Waals surface area contributed by atoms with E-state index in [9.17, 15) is 4.57 Å². The Morgan fingerprint density at radius 2 is 2.25 bits per heavy atom. The highest BCUT2D eigenvalue weighted by Crippen LogP contribution is 2.23. The Morgan fingerprint density at radius 1 is 1.44 bits per heavy atom. The second kappa shape index (κ2) is 5.99. The van der Waals surface area contributed by atoms with Gasteiger partial charge in [0.05, 0.1) is 11.6 Å². The average Bonchev–Trinajstić information content (AvgIpc) is 2.81. The van der Waals surface area contributed by atoms with Gasteiger partial charge >= 0.3 is 8.18 Å². The van der Waals surface area contributed by atoms with Crippen LogP contribution in [0.3, 0.4) is 0 Å². The topological polar surface area (TPSA) is 50.7 Å². The first-order chi connectivity index (χ1) is 7.84. The zero-order chi connectivity index (χ0) is 11.2. The van der Waals surface area contributed by atoms with Gasteiger partial charge in [0.1, 0.15) is 0 Å². The first-order valence-electron chi connectivity index (χ1n) is 4.94. The number of hydrogen-bond donors (Lipinski definition) is 1. The molecule has 6 heteroatoms. The molecule has 16 heavy (non-hydrogen) atoms. The molecular formula is C10H12N2O2PS+. The molecular weight excluding hydrogens is 243 g/mol. The highest BCUT2D eigenvalue weighted by atomic mass is 32.2. The van der Waals surface area contributed by atoms with Gasteiger partial charge in [-0.25, -0.2) is 4.52 Å². The maximum atomic E-state index is 11.5. The minimum atomic E-state index is -1.87. The summed E-state index contributed by atoms with van der Waals surface area (Å²) in [5.74, 6) is 1.63. The van der Waals surface area contributed by atoms with E-state index in [2.05, 4.69) is 10.1 Å². The molecule has 1 aliphatic rings. The molecule has 4 nitrogen and oxygen atoms in total. The molecule has 0 amide bonds. The maximum absolute atomic E-state index is 11.5. The van der Waals surface area contributed by atoms with Crippen LogP contribution in [0.15, 0.2) is 35.3 Å². The lowest BCUT2D eigenvalue weighted by molar-refractivity contribution is 0.495. The number of rotatable bonds is 5. The Morgan fingerprint density at radius 3 is 2.94 bits per heavy atom. The Labute approximate surface area is 99.4 Å². The Balaban J connectivity index is 1.76. The molecule has 0 fully saturated rings. The molecule has 84 valence electrons. The van der Waals surface area contributed by atoms with E-state index in [0.717, 1.165) is 17.3 Å². The number of nitrogens with zero attached hydrogens (tertiary/aromatic N) is 1. The predicted molar refractivity (Wildman–Crippen MR) is 67.4 cm³/mol. The number of benzene rings is 1. The molecule has 2 rings (SSSR count). The van der Waals surface area contributed by atoms with Gasteiger partial charge in [0.2, 0.25) is 0 Å². The SMILES string of the molecule is O=[P+](NCC1=NCCS1)Oc1ccccc1. The van der Waals surface area contributed by atoms with Crippen molar-refractivity contribution in [3.05, 3.63) is 30.3 Å². The monoisotopic (exact) mass is 255 g/mol. The largest absolute Gasteiger partial charge is 0.664 e. The number of para-hydroxylation sites is 1. The van der Waals surface area contributed by atoms with Crippen molar-refractivity contribution in [3.8, 4) is 5.75 Å². The minimum absolute atomic E-state index is 0.521. The summed E-state index contributed by atoms with van der Waals surface area (Å²) in [4.78, 5) is 4.25. The van der Waals surface area contributed by atoms with Crippen molar-refractivity contribution in [2.45, 2.75) is 0 Å². The molecule has 1 aromatic rings. The van der Waals surface area contributed by atoms with Crippen LogP contribution in [0.1, 0.15) is 0 Å². The Kier molecular flexibility index (Phi) is 4.34. The van der Waals surface area contributed by atoms with Gasteiger partial charge < -0.3 is 0 Å². The van der Waals surface area contributed by atoms with Gasteiger partial charge in [0.15, 0.2) is 5.75 Å². The fraction of sp³-hybridized carbons (Fsp3) is 0.300. The molecule has 1 aromatic carbocycles. The Hall–Kier alpha value is -0.900. The van der Waals surface area contributed by atoms with Crippen LogP contribution in [-0.4, -0.2) is 23.9 Å². The lowest BCUT2D eigenvalue weighted by Crippen LogP contribution is -2.14. The fourth-order valence-electron chi connectivity index (χ4n) is 1.23. The quantitative estimate of drug-likeness (QED) is 0.821. The van der Waals surface area contributed by atoms with Crippen LogP contribution in [0.25, 0.3) is 0 Å². The maximum Gasteiger partial charge on any atom is 0.664 e. The van der Waals surface area contributed by atoms with Crippen molar-refractivity contribution in [1.29, 1.82) is 0 Å². The minimum Gasteiger partial charge on any atom is -0.281 e. The van der Waals surface area contributed by atoms with E-state index in [1.165, 1.54) is 0 Å². The molecule has 1 atom stereocenters. The summed E-state index contributed by atoms with van der Waals surface area (Å²) in [5.41, 5.74) is 0. The number of thioether (sulfide) groups is 1. The van der Waals surface area contributed by atoms with Crippen molar-refractivity contribution in [1.82, 2.24) is 5.09 Å². The van der Waals surface area contributed by atoms with Crippen LogP contribution in [0.4, 0.5) is 0 Å². The fourth-order valence-corrected chi connectivity index (χ4v) is 2.77. The second-order valence-corrected chi connectivity index (χ2v) is 5.30. The van der Waals surface area contributed by atoms with Gasteiger partial charge in [-0.1, -0.05) is 23.3 Å². The van der Waals surface area contributed by atoms with Crippen LogP contribution >= 0.6 is 19.9 Å². The lowest BCUT2D eigenvalue weighted by Gasteiger charge is -1.94. The third kappa shape index (κ3) is 3.59. The highest BCUT2D eigenvalue weighted by molar-refractivity contribution is 8.14. The summed E-state index contributed by atoms with van der Waals surface area (Å²) < 4.78 is 16.7. The van der Waals surface area contributed by atoms with Gasteiger partial charge in [0.25, 0.3) is 0 Å². The van der Waals surface area contributed by atoms with E-state index in [1.807, 2.05) is 18.2 Å². The van der Waals surface area contributed by atoms with E-state index in [0.29, 0.717) is 12.3 Å². The van der Waals surface area contributed by atoms with Crippen molar-refractivity contribution < 1.29 is 9.09 Å². The smallest absolute Gasteiger partial charge is 0.281 e. The van der Waals surface area contributed by atoms with Crippen LogP contribution in [0.2, 0.25) is 0 Å². The molecule has 1 N–H and O–H groups in total. The van der Waals surface area contributed by atoms with E-state index >= 15 is 0 Å². The van der Waals surface area contributed by atoms with Crippen LogP contribution in [0.5, 0.6) is 5.75 Å². The molecule has 0 spiro atoms. The molecule has 0 aromatic heterocycles. The molecule has 1 aliphatic heterocycles. The van der Waals surface area contributed by atoms with E-state index in [4.69, 9.17) is 4.52 Å². The van der Waals surface area contributed by atoms with Crippen molar-refractivity contribution >= 4 is 25.0 Å². The number of hydrogen-bond acceptors (Lipinski definition) is 4. The molecule has 0 saturated carbocycles. The number of nitrogens with one attached hydrogen (secondary N) is 1. The van der Waals surface area contributed by atoms with E-state index < -0.39 is 8.18 Å². The van der Waals surface area contributed by atoms with Crippen LogP contribution < -0.4 is 9.61 Å². The zero-order valence-corrected chi connectivity index (χ0v) is 10.3. The second-order valence-electron chi connectivity index (χ2n) is 3.12. The average molecular weight is 255 g/mol. The third-order valence-corrected chi connectivity index (χ3v) is 3.73. The highest BCUT2D eigenvalue weighted by Gasteiger charge is 2.20. The summed E-state index contributed by atoms with van der Waals surface area (Å²) in [6.07, 6.45) is 0. The van der Waals surface area contributed by atoms with Gasteiger partial charge in [-0.15, -0.1) is 11.8 Å². The van der Waals surface area contributed by atoms with E-state index in [-0.39, 0.29) is 0 Å². The van der Waals surface area contributed by atoms with E-state index in [1.54, 1.807) is 23.9 Å². The molecule has 0 bridgehead atoms. The number of aliphatic imine (C=N–C) groups is 1. The first kappa shape index (κ1) is 11.6. The Bertz CT molecular complexity index is 397. The molecule has 1 unspecified atom stereocenters. The first-order valence-corrected chi connectivity index (χ1v) is 7.11. The standard InChI is InChI=1S/C10H12N2O2PS/c13-15(12-8-10-11-6-7-16-10)14-9-4-2-1-3-5-9/h1-5H,6-8H2,(H,12,13)/q+1. The molecule has 1 heterocycles.